The summed E-state index contributed by atoms with van der Waals surface area (Å²) >= 11 is -1.80. The molecule has 0 aliphatic carbocycles. The first-order chi connectivity index (χ1) is 12.5. The fourth-order valence-corrected chi connectivity index (χ4v) is 5.56. The summed E-state index contributed by atoms with van der Waals surface area (Å²) in [6, 6.07) is 21.1. The Balaban J connectivity index is 1.79. The Morgan fingerprint density at radius 1 is 0.731 bits per heavy atom. The van der Waals surface area contributed by atoms with Gasteiger partial charge in [0.1, 0.15) is 0 Å². The molecule has 26 heavy (non-hydrogen) atoms. The first-order valence-corrected chi connectivity index (χ1v) is 16.1. The van der Waals surface area contributed by atoms with Crippen LogP contribution in [-0.2, 0) is 0 Å². The molecule has 0 amide bonds. The average molecular weight is 400 g/mol. The summed E-state index contributed by atoms with van der Waals surface area (Å²) in [4.78, 5) is 13.5. The molecule has 0 bridgehead atoms. The van der Waals surface area contributed by atoms with Crippen LogP contribution in [0.4, 0.5) is 0 Å². The van der Waals surface area contributed by atoms with Gasteiger partial charge < -0.3 is 0 Å². The molecule has 2 heterocycles. The van der Waals surface area contributed by atoms with E-state index in [4.69, 9.17) is 0 Å². The standard InChI is InChI=1S/C22H21GeN3/c1-23(2,3)18-10-7-16(8-11-18)22-19-12-9-17(14-21(19)25-15-26-22)20-6-4-5-13-24-20/h4-15H,1-3H3. The molecule has 0 saturated carbocycles. The van der Waals surface area contributed by atoms with E-state index in [9.17, 15) is 0 Å². The molecule has 0 unspecified atom stereocenters. The van der Waals surface area contributed by atoms with E-state index >= 15 is 0 Å². The molecule has 2 aromatic carbocycles. The third-order valence-electron chi connectivity index (χ3n) is 4.62. The second-order valence-electron chi connectivity index (χ2n) is 7.50. The van der Waals surface area contributed by atoms with Crippen molar-refractivity contribution in [2.75, 3.05) is 0 Å². The van der Waals surface area contributed by atoms with E-state index < -0.39 is 13.3 Å². The van der Waals surface area contributed by atoms with Gasteiger partial charge in [0.15, 0.2) is 0 Å². The summed E-state index contributed by atoms with van der Waals surface area (Å²) in [5, 5.41) is 1.07. The molecule has 4 rings (SSSR count). The molecule has 0 atom stereocenters. The van der Waals surface area contributed by atoms with Crippen molar-refractivity contribution < 1.29 is 0 Å². The summed E-state index contributed by atoms with van der Waals surface area (Å²) < 4.78 is 1.50. The van der Waals surface area contributed by atoms with Gasteiger partial charge in [-0.15, -0.1) is 0 Å². The van der Waals surface area contributed by atoms with Gasteiger partial charge >= 0.3 is 150 Å². The maximum atomic E-state index is 4.56. The van der Waals surface area contributed by atoms with E-state index in [0.717, 1.165) is 33.4 Å². The van der Waals surface area contributed by atoms with Crippen LogP contribution in [0.15, 0.2) is 73.2 Å². The van der Waals surface area contributed by atoms with Gasteiger partial charge in [0.05, 0.1) is 0 Å². The first-order valence-electron chi connectivity index (χ1n) is 8.79. The number of aromatic nitrogens is 3. The monoisotopic (exact) mass is 401 g/mol. The molecule has 0 aliphatic heterocycles. The third-order valence-corrected chi connectivity index (χ3v) is 8.95. The van der Waals surface area contributed by atoms with Crippen LogP contribution in [-0.4, -0.2) is 28.2 Å². The molecule has 2 aromatic heterocycles. The van der Waals surface area contributed by atoms with Crippen molar-refractivity contribution in [2.45, 2.75) is 17.3 Å². The Morgan fingerprint density at radius 2 is 1.50 bits per heavy atom. The Labute approximate surface area is 156 Å². The Bertz CT molecular complexity index is 1050. The molecular formula is C22H21GeN3. The van der Waals surface area contributed by atoms with Gasteiger partial charge in [-0.2, -0.15) is 0 Å². The predicted octanol–water partition coefficient (Wildman–Crippen LogP) is 4.90. The van der Waals surface area contributed by atoms with Gasteiger partial charge in [0.25, 0.3) is 0 Å². The molecule has 0 aliphatic rings. The number of hydrogen-bond acceptors (Lipinski definition) is 3. The van der Waals surface area contributed by atoms with Crippen LogP contribution in [0.3, 0.4) is 0 Å². The van der Waals surface area contributed by atoms with Gasteiger partial charge in [-0.1, -0.05) is 0 Å². The summed E-state index contributed by atoms with van der Waals surface area (Å²) in [7, 11) is 0. The number of benzene rings is 2. The third kappa shape index (κ3) is 3.27. The average Bonchev–Trinajstić information content (AvgIpc) is 2.67. The van der Waals surface area contributed by atoms with Crippen LogP contribution < -0.4 is 4.40 Å². The van der Waals surface area contributed by atoms with Gasteiger partial charge in [-0.25, -0.2) is 0 Å². The zero-order valence-electron chi connectivity index (χ0n) is 15.3. The van der Waals surface area contributed by atoms with Crippen molar-refractivity contribution in [1.29, 1.82) is 0 Å². The molecule has 0 spiro atoms. The molecule has 0 N–H and O–H groups in total. The Hall–Kier alpha value is -2.53. The molecule has 4 aromatic rings. The Kier molecular flexibility index (Phi) is 4.33. The van der Waals surface area contributed by atoms with E-state index in [2.05, 4.69) is 74.7 Å². The fraction of sp³-hybridized carbons (Fsp3) is 0.136. The predicted molar refractivity (Wildman–Crippen MR) is 111 cm³/mol. The molecule has 128 valence electrons. The quantitative estimate of drug-likeness (QED) is 0.459. The normalized spacial score (nSPS) is 11.7. The molecule has 0 radical (unpaired) electrons. The van der Waals surface area contributed by atoms with E-state index in [0.29, 0.717) is 0 Å². The fourth-order valence-electron chi connectivity index (χ4n) is 3.11. The van der Waals surface area contributed by atoms with E-state index in [1.54, 1.807) is 6.33 Å². The van der Waals surface area contributed by atoms with Gasteiger partial charge in [0.2, 0.25) is 0 Å². The zero-order valence-corrected chi connectivity index (χ0v) is 17.4. The van der Waals surface area contributed by atoms with E-state index in [1.807, 2.05) is 24.4 Å². The van der Waals surface area contributed by atoms with Crippen LogP contribution in [0.1, 0.15) is 0 Å². The molecule has 0 saturated heterocycles. The number of nitrogens with zero attached hydrogens (tertiary/aromatic N) is 3. The summed E-state index contributed by atoms with van der Waals surface area (Å²) in [6.07, 6.45) is 3.46. The second-order valence-corrected chi connectivity index (χ2v) is 18.1. The number of hydrogen-bond donors (Lipinski definition) is 0. The topological polar surface area (TPSA) is 38.7 Å². The van der Waals surface area contributed by atoms with Crippen LogP contribution >= 0.6 is 0 Å². The molecular weight excluding hydrogens is 379 g/mol. The second kappa shape index (κ2) is 6.65. The number of rotatable bonds is 3. The van der Waals surface area contributed by atoms with Crippen molar-refractivity contribution in [3.05, 3.63) is 73.2 Å². The molecule has 4 heteroatoms. The summed E-state index contributed by atoms with van der Waals surface area (Å²) in [5.41, 5.74) is 5.08. The van der Waals surface area contributed by atoms with Crippen molar-refractivity contribution in [3.63, 3.8) is 0 Å². The van der Waals surface area contributed by atoms with E-state index in [-0.39, 0.29) is 0 Å². The Morgan fingerprint density at radius 3 is 2.19 bits per heavy atom. The zero-order chi connectivity index (χ0) is 18.1. The van der Waals surface area contributed by atoms with Crippen molar-refractivity contribution in [3.8, 4) is 22.5 Å². The minimum atomic E-state index is -1.80. The maximum absolute atomic E-state index is 4.56. The first kappa shape index (κ1) is 16.9. The molecule has 0 fully saturated rings. The summed E-state index contributed by atoms with van der Waals surface area (Å²) in [5.74, 6) is 7.23. The van der Waals surface area contributed by atoms with Crippen LogP contribution in [0, 0.1) is 0 Å². The van der Waals surface area contributed by atoms with Gasteiger partial charge in [0, 0.05) is 0 Å². The van der Waals surface area contributed by atoms with Gasteiger partial charge in [-0.05, 0) is 6.07 Å². The van der Waals surface area contributed by atoms with E-state index in [1.165, 1.54) is 4.40 Å². The van der Waals surface area contributed by atoms with Crippen molar-refractivity contribution >= 4 is 28.6 Å². The van der Waals surface area contributed by atoms with Crippen LogP contribution in [0.25, 0.3) is 33.4 Å². The summed E-state index contributed by atoms with van der Waals surface area (Å²) in [6.45, 7) is 0. The molecule has 3 nitrogen and oxygen atoms in total. The van der Waals surface area contributed by atoms with Crippen molar-refractivity contribution in [1.82, 2.24) is 15.0 Å². The SMILES string of the molecule is [CH3][Ge]([CH3])([CH3])[c]1ccc(-c2ncnc3cc(-c4ccccn4)ccc23)cc1. The number of pyridine rings is 1. The van der Waals surface area contributed by atoms with Gasteiger partial charge in [-0.3, -0.25) is 0 Å². The van der Waals surface area contributed by atoms with Crippen LogP contribution in [0.5, 0.6) is 0 Å². The number of fused-ring (bicyclic) bond motifs is 1. The van der Waals surface area contributed by atoms with Crippen LogP contribution in [0.2, 0.25) is 17.3 Å². The van der Waals surface area contributed by atoms with Crippen molar-refractivity contribution in [2.24, 2.45) is 0 Å². The minimum absolute atomic E-state index is 0.940.